The molecule has 0 saturated heterocycles. The molecule has 0 N–H and O–H groups in total. The molecule has 0 saturated carbocycles. The lowest BCUT2D eigenvalue weighted by atomic mass is 9.72. The zero-order chi connectivity index (χ0) is 21.3. The zero-order valence-electron chi connectivity index (χ0n) is 17.8. The van der Waals surface area contributed by atoms with E-state index >= 15 is 0 Å². The summed E-state index contributed by atoms with van der Waals surface area (Å²) in [6, 6.07) is 12.7. The van der Waals surface area contributed by atoms with Gasteiger partial charge in [0.15, 0.2) is 5.57 Å². The molecule has 2 aliphatic rings. The molecule has 1 aliphatic heterocycles. The minimum absolute atomic E-state index is 0.0309. The van der Waals surface area contributed by atoms with Gasteiger partial charge in [0.05, 0.1) is 10.2 Å². The van der Waals surface area contributed by atoms with Crippen molar-refractivity contribution in [1.29, 1.82) is 10.5 Å². The maximum absolute atomic E-state index is 9.30. The molecule has 4 nitrogen and oxygen atoms in total. The number of anilines is 1. The fourth-order valence-electron chi connectivity index (χ4n) is 4.95. The third kappa shape index (κ3) is 3.24. The van der Waals surface area contributed by atoms with E-state index in [1.54, 1.807) is 0 Å². The molecule has 0 spiro atoms. The lowest BCUT2D eigenvalue weighted by Crippen LogP contribution is -2.30. The van der Waals surface area contributed by atoms with Crippen LogP contribution in [0.25, 0.3) is 11.6 Å². The average Bonchev–Trinajstić information content (AvgIpc) is 3.25. The Bertz CT molecular complexity index is 1210. The van der Waals surface area contributed by atoms with E-state index in [-0.39, 0.29) is 11.0 Å². The summed E-state index contributed by atoms with van der Waals surface area (Å²) in [4.78, 5) is 7.04. The van der Waals surface area contributed by atoms with Crippen molar-refractivity contribution in [2.45, 2.75) is 57.8 Å². The molecule has 0 radical (unpaired) electrons. The van der Waals surface area contributed by atoms with Gasteiger partial charge in [0, 0.05) is 23.8 Å². The van der Waals surface area contributed by atoms with Crippen molar-refractivity contribution in [2.24, 2.45) is 0 Å². The van der Waals surface area contributed by atoms with Crippen LogP contribution in [0.5, 0.6) is 0 Å². The molecule has 0 bridgehead atoms. The quantitative estimate of drug-likeness (QED) is 0.748. The number of benzene rings is 1. The van der Waals surface area contributed by atoms with Crippen molar-refractivity contribution in [3.8, 4) is 12.1 Å². The van der Waals surface area contributed by atoms with Gasteiger partial charge in [0.25, 0.3) is 0 Å². The molecule has 2 heterocycles. The summed E-state index contributed by atoms with van der Waals surface area (Å²) in [5, 5.41) is 18.6. The third-order valence-electron chi connectivity index (χ3n) is 6.38. The van der Waals surface area contributed by atoms with Crippen LogP contribution in [0.1, 0.15) is 57.2 Å². The summed E-state index contributed by atoms with van der Waals surface area (Å²) >= 11 is 1.48. The number of thiazole rings is 1. The van der Waals surface area contributed by atoms with Gasteiger partial charge in [-0.1, -0.05) is 31.5 Å². The van der Waals surface area contributed by atoms with E-state index in [1.165, 1.54) is 33.9 Å². The molecule has 0 amide bonds. The number of unbranched alkanes of at least 4 members (excludes halogenated alkanes) is 1. The molecule has 1 aromatic carbocycles. The van der Waals surface area contributed by atoms with Crippen LogP contribution in [-0.4, -0.2) is 12.0 Å². The molecule has 1 atom stereocenters. The van der Waals surface area contributed by atoms with E-state index in [0.717, 1.165) is 48.8 Å². The van der Waals surface area contributed by atoms with E-state index in [1.807, 2.05) is 12.1 Å². The summed E-state index contributed by atoms with van der Waals surface area (Å²) < 4.78 is 1.64. The van der Waals surface area contributed by atoms with Gasteiger partial charge >= 0.3 is 0 Å². The van der Waals surface area contributed by atoms with Crippen LogP contribution in [0.4, 0.5) is 5.69 Å². The monoisotopic (exact) mass is 414 g/mol. The van der Waals surface area contributed by atoms with Gasteiger partial charge in [0.2, 0.25) is 0 Å². The number of allylic oxidation sites excluding steroid dienone is 2. The number of para-hydroxylation sites is 1. The SMILES string of the molecule is CCCCc1nc(=C(C#N)C#N)s/c1=C/C1=C2N(C)c3ccccc3C2(C)CCC1. The molecular weight excluding hydrogens is 388 g/mol. The molecular formula is C25H26N4S. The molecule has 2 aromatic rings. The Balaban J connectivity index is 1.93. The van der Waals surface area contributed by atoms with Crippen LogP contribution < -0.4 is 14.1 Å². The molecule has 1 unspecified atom stereocenters. The molecule has 152 valence electrons. The summed E-state index contributed by atoms with van der Waals surface area (Å²) in [6.45, 7) is 4.53. The highest BCUT2D eigenvalue weighted by molar-refractivity contribution is 7.07. The lowest BCUT2D eigenvalue weighted by molar-refractivity contribution is 0.469. The van der Waals surface area contributed by atoms with Crippen LogP contribution in [0.3, 0.4) is 0 Å². The molecule has 30 heavy (non-hydrogen) atoms. The number of rotatable bonds is 4. The van der Waals surface area contributed by atoms with Crippen LogP contribution >= 0.6 is 11.3 Å². The Kier molecular flexibility index (Phi) is 5.50. The molecule has 4 rings (SSSR count). The van der Waals surface area contributed by atoms with Gasteiger partial charge in [-0.2, -0.15) is 10.5 Å². The van der Waals surface area contributed by atoms with Gasteiger partial charge in [-0.15, -0.1) is 11.3 Å². The first-order valence-corrected chi connectivity index (χ1v) is 11.4. The maximum Gasteiger partial charge on any atom is 0.165 e. The fourth-order valence-corrected chi connectivity index (χ4v) is 5.97. The third-order valence-corrected chi connectivity index (χ3v) is 7.44. The van der Waals surface area contributed by atoms with E-state index in [9.17, 15) is 10.5 Å². The fraction of sp³-hybridized carbons (Fsp3) is 0.400. The van der Waals surface area contributed by atoms with E-state index in [2.05, 4.69) is 61.1 Å². The van der Waals surface area contributed by atoms with Crippen molar-refractivity contribution in [1.82, 2.24) is 4.98 Å². The lowest BCUT2D eigenvalue weighted by Gasteiger charge is -2.34. The standard InChI is InChI=1S/C25H26N4S/c1-4-5-11-20-22(30-24(28-20)18(15-26)16-27)14-17-9-8-13-25(2)19-10-6-7-12-21(19)29(3)23(17)25/h6-7,10,12,14H,4-5,8-9,11,13H2,1-3H3/b22-14+. The number of hydrogen-bond donors (Lipinski definition) is 0. The minimum Gasteiger partial charge on any atom is -0.347 e. The molecule has 1 aromatic heterocycles. The predicted molar refractivity (Wildman–Crippen MR) is 122 cm³/mol. The summed E-state index contributed by atoms with van der Waals surface area (Å²) in [5.41, 5.74) is 6.59. The van der Waals surface area contributed by atoms with Crippen LogP contribution in [0.2, 0.25) is 0 Å². The van der Waals surface area contributed by atoms with Gasteiger partial charge in [0.1, 0.15) is 16.8 Å². The summed E-state index contributed by atoms with van der Waals surface area (Å²) in [6.07, 6.45) is 8.64. The zero-order valence-corrected chi connectivity index (χ0v) is 18.6. The van der Waals surface area contributed by atoms with Crippen molar-refractivity contribution >= 4 is 28.7 Å². The smallest absolute Gasteiger partial charge is 0.165 e. The first-order valence-electron chi connectivity index (χ1n) is 10.6. The highest BCUT2D eigenvalue weighted by Gasteiger charge is 2.44. The van der Waals surface area contributed by atoms with Crippen molar-refractivity contribution < 1.29 is 0 Å². The molecule has 5 heteroatoms. The van der Waals surface area contributed by atoms with Crippen LogP contribution in [0.15, 0.2) is 35.5 Å². The number of aryl methyl sites for hydroxylation is 1. The Morgan fingerprint density at radius 2 is 2.07 bits per heavy atom. The maximum atomic E-state index is 9.30. The Hall–Kier alpha value is -2.89. The number of hydrogen-bond acceptors (Lipinski definition) is 5. The second kappa shape index (κ2) is 8.09. The van der Waals surface area contributed by atoms with E-state index in [4.69, 9.17) is 0 Å². The van der Waals surface area contributed by atoms with Gasteiger partial charge in [-0.05, 0) is 62.3 Å². The van der Waals surface area contributed by atoms with Crippen molar-refractivity contribution in [3.63, 3.8) is 0 Å². The summed E-state index contributed by atoms with van der Waals surface area (Å²) in [5.74, 6) is 0. The van der Waals surface area contributed by atoms with E-state index < -0.39 is 0 Å². The number of fused-ring (bicyclic) bond motifs is 3. The Morgan fingerprint density at radius 1 is 1.30 bits per heavy atom. The van der Waals surface area contributed by atoms with Crippen LogP contribution in [-0.2, 0) is 11.8 Å². The number of nitrogens with zero attached hydrogens (tertiary/aromatic N) is 4. The number of aromatic nitrogens is 1. The van der Waals surface area contributed by atoms with Gasteiger partial charge in [-0.25, -0.2) is 4.98 Å². The predicted octanol–water partition coefficient (Wildman–Crippen LogP) is 4.31. The first-order chi connectivity index (χ1) is 14.5. The number of likely N-dealkylation sites (N-methyl/N-ethyl adjacent to an activating group) is 1. The first kappa shape index (κ1) is 20.4. The summed E-state index contributed by atoms with van der Waals surface area (Å²) in [7, 11) is 2.17. The second-order valence-electron chi connectivity index (χ2n) is 8.31. The highest BCUT2D eigenvalue weighted by Crippen LogP contribution is 2.53. The van der Waals surface area contributed by atoms with Crippen molar-refractivity contribution in [2.75, 3.05) is 11.9 Å². The molecule has 0 fully saturated rings. The van der Waals surface area contributed by atoms with Gasteiger partial charge < -0.3 is 4.90 Å². The van der Waals surface area contributed by atoms with Gasteiger partial charge in [-0.3, -0.25) is 0 Å². The van der Waals surface area contributed by atoms with Crippen LogP contribution in [0, 0.1) is 22.7 Å². The van der Waals surface area contributed by atoms with E-state index in [0.29, 0.717) is 4.66 Å². The minimum atomic E-state index is 0.0309. The topological polar surface area (TPSA) is 63.7 Å². The van der Waals surface area contributed by atoms with Crippen molar-refractivity contribution in [3.05, 3.63) is 56.0 Å². The normalized spacial score (nSPS) is 20.6. The largest absolute Gasteiger partial charge is 0.347 e. The Morgan fingerprint density at radius 3 is 2.80 bits per heavy atom. The second-order valence-corrected chi connectivity index (χ2v) is 9.34. The average molecular weight is 415 g/mol. The Labute approximate surface area is 182 Å². The highest BCUT2D eigenvalue weighted by atomic mass is 32.1. The molecule has 1 aliphatic carbocycles. The number of nitriles is 2.